The highest BCUT2D eigenvalue weighted by Crippen LogP contribution is 2.10. The third-order valence-electron chi connectivity index (χ3n) is 2.39. The van der Waals surface area contributed by atoms with Gasteiger partial charge in [-0.3, -0.25) is 0 Å². The minimum Gasteiger partial charge on any atom is -0.376 e. The Morgan fingerprint density at radius 2 is 1.23 bits per heavy atom. The van der Waals surface area contributed by atoms with Crippen LogP contribution in [0.2, 0.25) is 0 Å². The normalized spacial score (nSPS) is 15.7. The van der Waals surface area contributed by atoms with E-state index in [1.165, 1.54) is 38.5 Å². The second-order valence-electron chi connectivity index (χ2n) is 4.04. The summed E-state index contributed by atoms with van der Waals surface area (Å²) in [7, 11) is 0. The van der Waals surface area contributed by atoms with Crippen LogP contribution in [0.4, 0.5) is 0 Å². The highest BCUT2D eigenvalue weighted by molar-refractivity contribution is 4.56. The number of unbranched alkanes of at least 4 members (excludes halogenated alkanes) is 2. The molecule has 13 heavy (non-hydrogen) atoms. The van der Waals surface area contributed by atoms with Gasteiger partial charge in [0.15, 0.2) is 0 Å². The van der Waals surface area contributed by atoms with Gasteiger partial charge in [0.25, 0.3) is 0 Å². The molecule has 0 aromatic carbocycles. The molecule has 0 unspecified atom stereocenters. The van der Waals surface area contributed by atoms with Crippen molar-refractivity contribution >= 4 is 0 Å². The molecule has 1 heteroatoms. The molecular weight excluding hydrogens is 160 g/mol. The van der Waals surface area contributed by atoms with Gasteiger partial charge in [0.2, 0.25) is 0 Å². The maximum Gasteiger partial charge on any atom is 0.0550 e. The molecule has 0 bridgehead atoms. The van der Waals surface area contributed by atoms with Crippen molar-refractivity contribution in [2.75, 3.05) is 0 Å². The van der Waals surface area contributed by atoms with Crippen LogP contribution in [0.5, 0.6) is 0 Å². The summed E-state index contributed by atoms with van der Waals surface area (Å²) in [5.41, 5.74) is 0. The molecule has 0 aromatic heterocycles. The van der Waals surface area contributed by atoms with Crippen LogP contribution in [0.25, 0.3) is 0 Å². The second kappa shape index (κ2) is 8.55. The molecule has 0 saturated heterocycles. The number of hydrogen-bond donors (Lipinski definition) is 0. The van der Waals surface area contributed by atoms with Crippen LogP contribution < -0.4 is 0 Å². The maximum atomic E-state index is 5.85. The topological polar surface area (TPSA) is 9.23 Å². The first-order valence-electron chi connectivity index (χ1n) is 5.86. The van der Waals surface area contributed by atoms with Crippen LogP contribution in [0.3, 0.4) is 0 Å². The van der Waals surface area contributed by atoms with Gasteiger partial charge in [0, 0.05) is 0 Å². The van der Waals surface area contributed by atoms with E-state index in [1.807, 2.05) is 0 Å². The Labute approximate surface area is 83.9 Å². The molecule has 0 fully saturated rings. The van der Waals surface area contributed by atoms with Crippen LogP contribution in [0.1, 0.15) is 66.2 Å². The fraction of sp³-hybridized carbons (Fsp3) is 1.00. The molecule has 2 atom stereocenters. The Balaban J connectivity index is 3.35. The molecular formula is C12H26O. The number of ether oxygens (including phenoxy) is 1. The van der Waals surface area contributed by atoms with E-state index in [9.17, 15) is 0 Å². The minimum absolute atomic E-state index is 0.451. The Bertz CT molecular complexity index is 89.3. The summed E-state index contributed by atoms with van der Waals surface area (Å²) in [4.78, 5) is 0. The third-order valence-corrected chi connectivity index (χ3v) is 2.39. The quantitative estimate of drug-likeness (QED) is 0.553. The highest BCUT2D eigenvalue weighted by atomic mass is 16.5. The van der Waals surface area contributed by atoms with Crippen molar-refractivity contribution in [3.05, 3.63) is 0 Å². The van der Waals surface area contributed by atoms with Gasteiger partial charge < -0.3 is 4.74 Å². The molecule has 0 aromatic rings. The van der Waals surface area contributed by atoms with E-state index in [4.69, 9.17) is 4.74 Å². The number of hydrogen-bond acceptors (Lipinski definition) is 1. The zero-order chi connectivity index (χ0) is 10.1. The van der Waals surface area contributed by atoms with Gasteiger partial charge in [-0.1, -0.05) is 39.5 Å². The molecule has 0 rings (SSSR count). The maximum absolute atomic E-state index is 5.85. The van der Waals surface area contributed by atoms with Gasteiger partial charge in [-0.15, -0.1) is 0 Å². The molecule has 0 saturated carbocycles. The average Bonchev–Trinajstić information content (AvgIpc) is 2.11. The third kappa shape index (κ3) is 8.29. The minimum atomic E-state index is 0.451. The lowest BCUT2D eigenvalue weighted by atomic mass is 10.1. The molecule has 0 spiro atoms. The first-order valence-corrected chi connectivity index (χ1v) is 5.86. The molecule has 0 aliphatic heterocycles. The first-order chi connectivity index (χ1) is 6.20. The Morgan fingerprint density at radius 1 is 0.846 bits per heavy atom. The van der Waals surface area contributed by atoms with Gasteiger partial charge in [0.1, 0.15) is 0 Å². The largest absolute Gasteiger partial charge is 0.376 e. The van der Waals surface area contributed by atoms with Gasteiger partial charge >= 0.3 is 0 Å². The van der Waals surface area contributed by atoms with Crippen LogP contribution in [-0.2, 0) is 4.74 Å². The summed E-state index contributed by atoms with van der Waals surface area (Å²) in [6, 6.07) is 0. The van der Waals surface area contributed by atoms with Crippen molar-refractivity contribution < 1.29 is 4.74 Å². The number of rotatable bonds is 8. The fourth-order valence-electron chi connectivity index (χ4n) is 1.52. The molecule has 0 aliphatic carbocycles. The van der Waals surface area contributed by atoms with Crippen LogP contribution >= 0.6 is 0 Å². The molecule has 0 N–H and O–H groups in total. The lowest BCUT2D eigenvalue weighted by Gasteiger charge is -2.18. The predicted octanol–water partition coefficient (Wildman–Crippen LogP) is 4.16. The zero-order valence-corrected chi connectivity index (χ0v) is 9.81. The first kappa shape index (κ1) is 13.0. The molecule has 0 heterocycles. The van der Waals surface area contributed by atoms with Crippen molar-refractivity contribution in [3.8, 4) is 0 Å². The Hall–Kier alpha value is -0.0400. The summed E-state index contributed by atoms with van der Waals surface area (Å²) in [5.74, 6) is 0. The van der Waals surface area contributed by atoms with Gasteiger partial charge in [-0.2, -0.15) is 0 Å². The Kier molecular flexibility index (Phi) is 8.53. The summed E-state index contributed by atoms with van der Waals surface area (Å²) >= 11 is 0. The SMILES string of the molecule is CCCC[C@@H](C)O[C@H](C)CCCC. The Morgan fingerprint density at radius 3 is 1.54 bits per heavy atom. The van der Waals surface area contributed by atoms with E-state index in [0.29, 0.717) is 12.2 Å². The van der Waals surface area contributed by atoms with Gasteiger partial charge in [-0.05, 0) is 26.7 Å². The van der Waals surface area contributed by atoms with E-state index < -0.39 is 0 Å². The van der Waals surface area contributed by atoms with Crippen molar-refractivity contribution in [1.82, 2.24) is 0 Å². The molecule has 0 aliphatic rings. The van der Waals surface area contributed by atoms with E-state index >= 15 is 0 Å². The molecule has 80 valence electrons. The summed E-state index contributed by atoms with van der Waals surface area (Å²) in [6.07, 6.45) is 8.47. The monoisotopic (exact) mass is 186 g/mol. The van der Waals surface area contributed by atoms with Crippen LogP contribution in [0, 0.1) is 0 Å². The average molecular weight is 186 g/mol. The fourth-order valence-corrected chi connectivity index (χ4v) is 1.52. The molecule has 0 radical (unpaired) electrons. The van der Waals surface area contributed by atoms with Gasteiger partial charge in [0.05, 0.1) is 12.2 Å². The van der Waals surface area contributed by atoms with Crippen LogP contribution in [-0.4, -0.2) is 12.2 Å². The van der Waals surface area contributed by atoms with Gasteiger partial charge in [-0.25, -0.2) is 0 Å². The molecule has 1 nitrogen and oxygen atoms in total. The summed E-state index contributed by atoms with van der Waals surface area (Å²) in [6.45, 7) is 8.84. The zero-order valence-electron chi connectivity index (χ0n) is 9.81. The van der Waals surface area contributed by atoms with Crippen molar-refractivity contribution in [1.29, 1.82) is 0 Å². The smallest absolute Gasteiger partial charge is 0.0550 e. The van der Waals surface area contributed by atoms with E-state index in [-0.39, 0.29) is 0 Å². The summed E-state index contributed by atoms with van der Waals surface area (Å²) < 4.78 is 5.85. The molecule has 0 amide bonds. The van der Waals surface area contributed by atoms with Crippen LogP contribution in [0.15, 0.2) is 0 Å². The van der Waals surface area contributed by atoms with E-state index in [0.717, 1.165) is 0 Å². The predicted molar refractivity (Wildman–Crippen MR) is 59.1 cm³/mol. The lowest BCUT2D eigenvalue weighted by Crippen LogP contribution is -2.16. The summed E-state index contributed by atoms with van der Waals surface area (Å²) in [5, 5.41) is 0. The van der Waals surface area contributed by atoms with Crippen molar-refractivity contribution in [2.45, 2.75) is 78.4 Å². The van der Waals surface area contributed by atoms with Crippen molar-refractivity contribution in [2.24, 2.45) is 0 Å². The highest BCUT2D eigenvalue weighted by Gasteiger charge is 2.07. The van der Waals surface area contributed by atoms with Crippen molar-refractivity contribution in [3.63, 3.8) is 0 Å². The van der Waals surface area contributed by atoms with E-state index in [1.54, 1.807) is 0 Å². The lowest BCUT2D eigenvalue weighted by molar-refractivity contribution is -0.00188. The standard InChI is InChI=1S/C12H26O/c1-5-7-9-11(3)13-12(4)10-8-6-2/h11-12H,5-10H2,1-4H3/t11-,12-/m1/s1. The van der Waals surface area contributed by atoms with E-state index in [2.05, 4.69) is 27.7 Å². The second-order valence-corrected chi connectivity index (χ2v) is 4.04.